The number of aromatic nitrogens is 5. The van der Waals surface area contributed by atoms with Gasteiger partial charge in [0.15, 0.2) is 5.60 Å². The van der Waals surface area contributed by atoms with Crippen LogP contribution in [0.25, 0.3) is 11.1 Å². The highest BCUT2D eigenvalue weighted by atomic mass is 19.3. The maximum Gasteiger partial charge on any atom is 0.323 e. The van der Waals surface area contributed by atoms with Crippen molar-refractivity contribution in [1.82, 2.24) is 25.2 Å². The van der Waals surface area contributed by atoms with Gasteiger partial charge in [-0.2, -0.15) is 8.78 Å². The van der Waals surface area contributed by atoms with Crippen LogP contribution < -0.4 is 4.74 Å². The predicted molar refractivity (Wildman–Crippen MR) is 113 cm³/mol. The number of nitrogens with zero attached hydrogens (tertiary/aromatic N) is 5. The summed E-state index contributed by atoms with van der Waals surface area (Å²) in [7, 11) is 0. The van der Waals surface area contributed by atoms with E-state index in [9.17, 15) is 13.9 Å². The van der Waals surface area contributed by atoms with Crippen LogP contribution in [0.4, 0.5) is 17.6 Å². The third kappa shape index (κ3) is 4.34. The summed E-state index contributed by atoms with van der Waals surface area (Å²) in [6, 6.07) is 11.4. The van der Waals surface area contributed by atoms with Crippen LogP contribution in [-0.2, 0) is 18.1 Å². The van der Waals surface area contributed by atoms with E-state index in [1.54, 1.807) is 24.3 Å². The van der Waals surface area contributed by atoms with Gasteiger partial charge in [0.25, 0.3) is 0 Å². The molecule has 0 radical (unpaired) electrons. The highest BCUT2D eigenvalue weighted by Crippen LogP contribution is 2.46. The lowest BCUT2D eigenvalue weighted by Crippen LogP contribution is -2.48. The lowest BCUT2D eigenvalue weighted by atomic mass is 9.84. The van der Waals surface area contributed by atoms with Crippen molar-refractivity contribution in [2.24, 2.45) is 0 Å². The molecule has 4 rings (SSSR count). The third-order valence-corrected chi connectivity index (χ3v) is 5.26. The van der Waals surface area contributed by atoms with E-state index >= 15 is 8.78 Å². The lowest BCUT2D eigenvalue weighted by Gasteiger charge is -2.35. The zero-order chi connectivity index (χ0) is 24.3. The topological polar surface area (TPSA) is 86.0 Å². The van der Waals surface area contributed by atoms with Gasteiger partial charge in [-0.3, -0.25) is 4.98 Å². The van der Waals surface area contributed by atoms with Crippen LogP contribution in [0.5, 0.6) is 5.75 Å². The van der Waals surface area contributed by atoms with E-state index in [1.807, 2.05) is 6.92 Å². The maximum atomic E-state index is 15.8. The number of benzene rings is 2. The maximum absolute atomic E-state index is 15.8. The van der Waals surface area contributed by atoms with Crippen molar-refractivity contribution in [3.8, 4) is 16.9 Å². The zero-order valence-corrected chi connectivity index (χ0v) is 17.9. The Labute approximate surface area is 191 Å². The standard InChI is InChI=1S/C23H19F4N5O2/c1-2-34-18-7-3-15(4-8-18)16-5-10-21(28-12-16)23(26,27)22(33,13-32-14-29-30-31-32)19-9-6-17(24)11-20(19)25/h3-12,14,33H,2,13H2,1H3/t22-/m1/s1. The van der Waals surface area contributed by atoms with E-state index in [0.29, 0.717) is 29.5 Å². The fourth-order valence-corrected chi connectivity index (χ4v) is 3.54. The van der Waals surface area contributed by atoms with E-state index < -0.39 is 41.0 Å². The Morgan fingerprint density at radius 2 is 1.74 bits per heavy atom. The number of alkyl halides is 2. The molecule has 0 saturated heterocycles. The van der Waals surface area contributed by atoms with Gasteiger partial charge in [-0.1, -0.05) is 18.2 Å². The first-order valence-corrected chi connectivity index (χ1v) is 10.2. The number of pyridine rings is 1. The van der Waals surface area contributed by atoms with E-state index in [4.69, 9.17) is 4.74 Å². The van der Waals surface area contributed by atoms with E-state index in [1.165, 1.54) is 12.3 Å². The number of rotatable bonds is 8. The highest BCUT2D eigenvalue weighted by Gasteiger charge is 2.58. The molecule has 2 aromatic heterocycles. The van der Waals surface area contributed by atoms with Gasteiger partial charge in [0.1, 0.15) is 29.4 Å². The summed E-state index contributed by atoms with van der Waals surface area (Å²) in [5.41, 5.74) is -3.58. The van der Waals surface area contributed by atoms with Crippen molar-refractivity contribution < 1.29 is 27.4 Å². The molecule has 34 heavy (non-hydrogen) atoms. The Balaban J connectivity index is 1.72. The molecule has 0 aliphatic heterocycles. The number of halogens is 4. The lowest BCUT2D eigenvalue weighted by molar-refractivity contribution is -0.207. The third-order valence-electron chi connectivity index (χ3n) is 5.26. The number of ether oxygens (including phenoxy) is 1. The van der Waals surface area contributed by atoms with Crippen LogP contribution in [-0.4, -0.2) is 36.9 Å². The molecular weight excluding hydrogens is 454 g/mol. The monoisotopic (exact) mass is 473 g/mol. The van der Waals surface area contributed by atoms with Crippen LogP contribution in [0.15, 0.2) is 67.1 Å². The van der Waals surface area contributed by atoms with Gasteiger partial charge < -0.3 is 9.84 Å². The molecule has 0 aliphatic rings. The molecule has 176 valence electrons. The summed E-state index contributed by atoms with van der Waals surface area (Å²) in [6.07, 6.45) is 2.21. The number of hydrogen-bond acceptors (Lipinski definition) is 6. The molecule has 7 nitrogen and oxygen atoms in total. The van der Waals surface area contributed by atoms with Crippen LogP contribution in [0.3, 0.4) is 0 Å². The number of hydrogen-bond donors (Lipinski definition) is 1. The molecule has 11 heteroatoms. The summed E-state index contributed by atoms with van der Waals surface area (Å²) in [5.74, 6) is -5.78. The zero-order valence-electron chi connectivity index (χ0n) is 17.9. The highest BCUT2D eigenvalue weighted by molar-refractivity contribution is 5.63. The van der Waals surface area contributed by atoms with Crippen molar-refractivity contribution in [3.05, 3.63) is 90.0 Å². The Kier molecular flexibility index (Phi) is 6.29. The molecule has 4 aromatic rings. The smallest absolute Gasteiger partial charge is 0.323 e. The van der Waals surface area contributed by atoms with Gasteiger partial charge in [-0.15, -0.1) is 5.10 Å². The minimum atomic E-state index is -4.12. The van der Waals surface area contributed by atoms with E-state index in [0.717, 1.165) is 29.2 Å². The summed E-state index contributed by atoms with van der Waals surface area (Å²) in [6.45, 7) is 1.44. The number of aliphatic hydroxyl groups is 1. The average molecular weight is 473 g/mol. The van der Waals surface area contributed by atoms with Gasteiger partial charge in [0, 0.05) is 23.4 Å². The molecule has 0 amide bonds. The molecule has 1 N–H and O–H groups in total. The van der Waals surface area contributed by atoms with Crippen LogP contribution >= 0.6 is 0 Å². The van der Waals surface area contributed by atoms with Crippen LogP contribution in [0.2, 0.25) is 0 Å². The molecule has 2 aromatic carbocycles. The molecular formula is C23H19F4N5O2. The molecule has 0 fully saturated rings. The first-order chi connectivity index (χ1) is 16.2. The second-order valence-corrected chi connectivity index (χ2v) is 7.46. The van der Waals surface area contributed by atoms with Crippen molar-refractivity contribution in [2.45, 2.75) is 25.0 Å². The Morgan fingerprint density at radius 1 is 1.00 bits per heavy atom. The van der Waals surface area contributed by atoms with Crippen molar-refractivity contribution >= 4 is 0 Å². The quantitative estimate of drug-likeness (QED) is 0.388. The summed E-state index contributed by atoms with van der Waals surface area (Å²) in [4.78, 5) is 3.85. The second-order valence-electron chi connectivity index (χ2n) is 7.46. The summed E-state index contributed by atoms with van der Waals surface area (Å²) >= 11 is 0. The van der Waals surface area contributed by atoms with Crippen molar-refractivity contribution in [1.29, 1.82) is 0 Å². The fourth-order valence-electron chi connectivity index (χ4n) is 3.54. The first-order valence-electron chi connectivity index (χ1n) is 10.2. The molecule has 0 unspecified atom stereocenters. The minimum Gasteiger partial charge on any atom is -0.494 e. The largest absolute Gasteiger partial charge is 0.494 e. The molecule has 0 bridgehead atoms. The SMILES string of the molecule is CCOc1ccc(-c2ccc(C(F)(F)[C@@](O)(Cn3cnnn3)c3ccc(F)cc3F)nc2)cc1. The van der Waals surface area contributed by atoms with Gasteiger partial charge in [0.2, 0.25) is 0 Å². The van der Waals surface area contributed by atoms with E-state index in [2.05, 4.69) is 20.5 Å². The molecule has 2 heterocycles. The number of tetrazole rings is 1. The molecule has 0 spiro atoms. The van der Waals surface area contributed by atoms with Crippen molar-refractivity contribution in [2.75, 3.05) is 6.61 Å². The summed E-state index contributed by atoms with van der Waals surface area (Å²) < 4.78 is 65.7. The van der Waals surface area contributed by atoms with Gasteiger partial charge in [-0.05, 0) is 53.2 Å². The predicted octanol–water partition coefficient (Wildman–Crippen LogP) is 4.09. The Hall–Kier alpha value is -3.86. The van der Waals surface area contributed by atoms with Gasteiger partial charge in [-0.25, -0.2) is 13.5 Å². The molecule has 0 aliphatic carbocycles. The van der Waals surface area contributed by atoms with Gasteiger partial charge in [0.05, 0.1) is 13.2 Å². The molecule has 1 atom stereocenters. The molecule has 0 saturated carbocycles. The van der Waals surface area contributed by atoms with Crippen molar-refractivity contribution in [3.63, 3.8) is 0 Å². The fraction of sp³-hybridized carbons (Fsp3) is 0.217. The van der Waals surface area contributed by atoms with Crippen LogP contribution in [0.1, 0.15) is 18.2 Å². The normalized spacial score (nSPS) is 13.5. The Morgan fingerprint density at radius 3 is 2.32 bits per heavy atom. The first kappa shape index (κ1) is 23.3. The van der Waals surface area contributed by atoms with E-state index in [-0.39, 0.29) is 0 Å². The van der Waals surface area contributed by atoms with Crippen LogP contribution in [0, 0.1) is 11.6 Å². The second kappa shape index (κ2) is 9.18. The van der Waals surface area contributed by atoms with Gasteiger partial charge >= 0.3 is 5.92 Å². The minimum absolute atomic E-state index is 0.415. The summed E-state index contributed by atoms with van der Waals surface area (Å²) in [5, 5.41) is 21.4. The Bertz CT molecular complexity index is 1250. The average Bonchev–Trinajstić information content (AvgIpc) is 3.32.